The second kappa shape index (κ2) is 4.30. The van der Waals surface area contributed by atoms with Gasteiger partial charge in [0.2, 0.25) is 0 Å². The molecule has 18 heavy (non-hydrogen) atoms. The molecule has 0 amide bonds. The van der Waals surface area contributed by atoms with Crippen LogP contribution in [0.4, 0.5) is 4.39 Å². The Kier molecular flexibility index (Phi) is 2.95. The van der Waals surface area contributed by atoms with Gasteiger partial charge in [0.1, 0.15) is 17.6 Å². The Bertz CT molecular complexity index is 550. The number of nitriles is 1. The molecule has 1 unspecified atom stereocenters. The van der Waals surface area contributed by atoms with Gasteiger partial charge >= 0.3 is 5.97 Å². The monoisotopic (exact) mass is 249 g/mol. The molecule has 4 nitrogen and oxygen atoms in total. The number of benzene rings is 1. The van der Waals surface area contributed by atoms with Gasteiger partial charge in [-0.15, -0.1) is 0 Å². The van der Waals surface area contributed by atoms with E-state index in [2.05, 4.69) is 0 Å². The van der Waals surface area contributed by atoms with Gasteiger partial charge in [-0.2, -0.15) is 5.26 Å². The molecular weight excluding hydrogens is 237 g/mol. The second-order valence-corrected chi connectivity index (χ2v) is 4.36. The quantitative estimate of drug-likeness (QED) is 0.713. The number of fused-ring (bicyclic) bond motifs is 1. The lowest BCUT2D eigenvalue weighted by Gasteiger charge is -2.33. The Balaban J connectivity index is 2.62. The summed E-state index contributed by atoms with van der Waals surface area (Å²) in [4.78, 5) is 11.9. The van der Waals surface area contributed by atoms with Crippen LogP contribution in [0.15, 0.2) is 12.1 Å². The molecule has 1 atom stereocenters. The Labute approximate surface area is 104 Å². The highest BCUT2D eigenvalue weighted by molar-refractivity contribution is 5.84. The van der Waals surface area contributed by atoms with Gasteiger partial charge in [0.25, 0.3) is 0 Å². The van der Waals surface area contributed by atoms with Gasteiger partial charge in [-0.3, -0.25) is 4.79 Å². The third-order valence-corrected chi connectivity index (χ3v) is 3.28. The van der Waals surface area contributed by atoms with E-state index < -0.39 is 17.2 Å². The molecule has 0 radical (unpaired) electrons. The summed E-state index contributed by atoms with van der Waals surface area (Å²) in [7, 11) is 1.30. The molecule has 2 rings (SSSR count). The molecule has 0 N–H and O–H groups in total. The number of rotatable bonds is 1. The number of hydrogen-bond donors (Lipinski definition) is 0. The summed E-state index contributed by atoms with van der Waals surface area (Å²) in [6.45, 7) is 2.02. The van der Waals surface area contributed by atoms with Crippen molar-refractivity contribution in [3.8, 4) is 11.8 Å². The number of carbonyl (C=O) groups is 1. The molecule has 0 saturated carbocycles. The zero-order chi connectivity index (χ0) is 13.3. The van der Waals surface area contributed by atoms with Gasteiger partial charge in [0.15, 0.2) is 0 Å². The van der Waals surface area contributed by atoms with E-state index in [4.69, 9.17) is 14.7 Å². The zero-order valence-electron chi connectivity index (χ0n) is 10.1. The van der Waals surface area contributed by atoms with E-state index in [1.165, 1.54) is 13.2 Å². The normalized spacial score (nSPS) is 21.4. The minimum absolute atomic E-state index is 0.102. The molecule has 0 saturated heterocycles. The van der Waals surface area contributed by atoms with Crippen LogP contribution in [0, 0.1) is 17.1 Å². The van der Waals surface area contributed by atoms with Crippen LogP contribution in [-0.2, 0) is 14.9 Å². The SMILES string of the molecule is COC(=O)C1(C)CCOc2cc(F)c(C#N)cc21. The Morgan fingerprint density at radius 2 is 2.33 bits per heavy atom. The van der Waals surface area contributed by atoms with Crippen molar-refractivity contribution in [2.45, 2.75) is 18.8 Å². The van der Waals surface area contributed by atoms with Crippen molar-refractivity contribution in [1.29, 1.82) is 5.26 Å². The molecular formula is C13H12FNO3. The Morgan fingerprint density at radius 1 is 1.61 bits per heavy atom. The fourth-order valence-corrected chi connectivity index (χ4v) is 2.13. The summed E-state index contributed by atoms with van der Waals surface area (Å²) in [5.74, 6) is -0.765. The van der Waals surface area contributed by atoms with Gasteiger partial charge < -0.3 is 9.47 Å². The molecule has 0 aliphatic carbocycles. The summed E-state index contributed by atoms with van der Waals surface area (Å²) in [6.07, 6.45) is 0.434. The maximum absolute atomic E-state index is 13.5. The van der Waals surface area contributed by atoms with Crippen molar-refractivity contribution >= 4 is 5.97 Å². The first-order chi connectivity index (χ1) is 8.52. The van der Waals surface area contributed by atoms with Crippen LogP contribution in [0.2, 0.25) is 0 Å². The number of hydrogen-bond acceptors (Lipinski definition) is 4. The molecule has 94 valence electrons. The third kappa shape index (κ3) is 1.70. The predicted molar refractivity (Wildman–Crippen MR) is 60.6 cm³/mol. The second-order valence-electron chi connectivity index (χ2n) is 4.36. The molecule has 1 aliphatic rings. The first kappa shape index (κ1) is 12.4. The first-order valence-electron chi connectivity index (χ1n) is 5.48. The standard InChI is InChI=1S/C13H12FNO3/c1-13(12(16)17-2)3-4-18-11-6-10(14)8(7-15)5-9(11)13/h5-6H,3-4H2,1-2H3. The van der Waals surface area contributed by atoms with Gasteiger partial charge in [-0.05, 0) is 13.0 Å². The smallest absolute Gasteiger partial charge is 0.316 e. The van der Waals surface area contributed by atoms with E-state index in [9.17, 15) is 9.18 Å². The zero-order valence-corrected chi connectivity index (χ0v) is 10.1. The van der Waals surface area contributed by atoms with E-state index in [1.807, 2.05) is 0 Å². The van der Waals surface area contributed by atoms with Crippen molar-refractivity contribution in [1.82, 2.24) is 0 Å². The minimum atomic E-state index is -0.901. The summed E-state index contributed by atoms with van der Waals surface area (Å²) >= 11 is 0. The Hall–Kier alpha value is -2.09. The molecule has 0 spiro atoms. The highest BCUT2D eigenvalue weighted by Crippen LogP contribution is 2.40. The molecule has 1 aromatic rings. The van der Waals surface area contributed by atoms with Gasteiger partial charge in [-0.25, -0.2) is 4.39 Å². The fraction of sp³-hybridized carbons (Fsp3) is 0.385. The van der Waals surface area contributed by atoms with Crippen molar-refractivity contribution < 1.29 is 18.7 Å². The van der Waals surface area contributed by atoms with Crippen molar-refractivity contribution in [3.63, 3.8) is 0 Å². The van der Waals surface area contributed by atoms with Crippen LogP contribution in [-0.4, -0.2) is 19.7 Å². The maximum atomic E-state index is 13.5. The van der Waals surface area contributed by atoms with Crippen LogP contribution in [0.3, 0.4) is 0 Å². The minimum Gasteiger partial charge on any atom is -0.493 e. The van der Waals surface area contributed by atoms with Crippen LogP contribution in [0.1, 0.15) is 24.5 Å². The highest BCUT2D eigenvalue weighted by atomic mass is 19.1. The first-order valence-corrected chi connectivity index (χ1v) is 5.48. The molecule has 0 fully saturated rings. The van der Waals surface area contributed by atoms with E-state index in [-0.39, 0.29) is 5.56 Å². The molecule has 1 heterocycles. The number of methoxy groups -OCH3 is 1. The van der Waals surface area contributed by atoms with Crippen LogP contribution >= 0.6 is 0 Å². The van der Waals surface area contributed by atoms with Gasteiger partial charge in [-0.1, -0.05) is 0 Å². The average molecular weight is 249 g/mol. The van der Waals surface area contributed by atoms with E-state index in [0.717, 1.165) is 6.07 Å². The largest absolute Gasteiger partial charge is 0.493 e. The lowest BCUT2D eigenvalue weighted by Crippen LogP contribution is -2.38. The number of carbonyl (C=O) groups excluding carboxylic acids is 1. The van der Waals surface area contributed by atoms with E-state index in [0.29, 0.717) is 24.3 Å². The molecule has 1 aromatic carbocycles. The van der Waals surface area contributed by atoms with Gasteiger partial charge in [0.05, 0.1) is 24.7 Å². The lowest BCUT2D eigenvalue weighted by atomic mass is 9.77. The van der Waals surface area contributed by atoms with Crippen LogP contribution in [0.25, 0.3) is 0 Å². The fourth-order valence-electron chi connectivity index (χ4n) is 2.13. The predicted octanol–water partition coefficient (Wildman–Crippen LogP) is 1.91. The number of halogens is 1. The topological polar surface area (TPSA) is 59.3 Å². The maximum Gasteiger partial charge on any atom is 0.316 e. The van der Waals surface area contributed by atoms with E-state index >= 15 is 0 Å². The van der Waals surface area contributed by atoms with E-state index in [1.54, 1.807) is 13.0 Å². The van der Waals surface area contributed by atoms with Crippen molar-refractivity contribution in [2.24, 2.45) is 0 Å². The van der Waals surface area contributed by atoms with Crippen molar-refractivity contribution in [2.75, 3.05) is 13.7 Å². The van der Waals surface area contributed by atoms with Gasteiger partial charge in [0, 0.05) is 18.1 Å². The summed E-state index contributed by atoms with van der Waals surface area (Å²) < 4.78 is 23.6. The molecule has 0 bridgehead atoms. The molecule has 5 heteroatoms. The number of ether oxygens (including phenoxy) is 2. The van der Waals surface area contributed by atoms with Crippen LogP contribution < -0.4 is 4.74 Å². The average Bonchev–Trinajstić information content (AvgIpc) is 2.37. The summed E-state index contributed by atoms with van der Waals surface area (Å²) in [5, 5.41) is 8.84. The van der Waals surface area contributed by atoms with Crippen LogP contribution in [0.5, 0.6) is 5.75 Å². The number of esters is 1. The Morgan fingerprint density at radius 3 is 2.94 bits per heavy atom. The highest BCUT2D eigenvalue weighted by Gasteiger charge is 2.42. The van der Waals surface area contributed by atoms with Crippen molar-refractivity contribution in [3.05, 3.63) is 29.1 Å². The number of nitrogens with zero attached hydrogens (tertiary/aromatic N) is 1. The molecule has 0 aromatic heterocycles. The third-order valence-electron chi connectivity index (χ3n) is 3.28. The summed E-state index contributed by atoms with van der Waals surface area (Å²) in [6, 6.07) is 4.27. The molecule has 1 aliphatic heterocycles. The summed E-state index contributed by atoms with van der Waals surface area (Å²) in [5.41, 5.74) is -0.505. The lowest BCUT2D eigenvalue weighted by molar-refractivity contribution is -0.148.